The fourth-order valence-corrected chi connectivity index (χ4v) is 5.53. The number of rotatable bonds is 7. The highest BCUT2D eigenvalue weighted by Crippen LogP contribution is 2.35. The Morgan fingerprint density at radius 3 is 2.78 bits per heavy atom. The zero-order valence-electron chi connectivity index (χ0n) is 19.9. The van der Waals surface area contributed by atoms with Gasteiger partial charge in [0.05, 0.1) is 18.2 Å². The fraction of sp³-hybridized carbons (Fsp3) is 0.522. The number of nitrogens with two attached hydrogens (primary N) is 1. The molecule has 14 heteroatoms. The largest absolute Gasteiger partial charge is 0.446 e. The minimum Gasteiger partial charge on any atom is -0.446 e. The monoisotopic (exact) mass is 537 g/mol. The van der Waals surface area contributed by atoms with Gasteiger partial charge < -0.3 is 20.7 Å². The first-order chi connectivity index (χ1) is 17.6. The fourth-order valence-electron chi connectivity index (χ4n) is 4.74. The maximum Gasteiger partial charge on any atom is 0.404 e. The molecule has 0 spiro atoms. The van der Waals surface area contributed by atoms with Crippen LogP contribution < -0.4 is 11.1 Å². The minimum atomic E-state index is -4.52. The number of hydrogen-bond acceptors (Lipinski definition) is 8. The Labute approximate surface area is 214 Å². The Morgan fingerprint density at radius 2 is 2.08 bits per heavy atom. The van der Waals surface area contributed by atoms with Crippen LogP contribution in [0.4, 0.5) is 23.8 Å². The molecule has 3 aromatic rings. The highest BCUT2D eigenvalue weighted by Gasteiger charge is 2.41. The molecule has 1 saturated heterocycles. The third-order valence-electron chi connectivity index (χ3n) is 6.70. The highest BCUT2D eigenvalue weighted by molar-refractivity contribution is 7.16. The standard InChI is InChI=1S/C23H26F3N7O3S/c1-12(13-2-3-13)29-18-9-17(30-19(31-18)16-11-28-33-6-7-37-21(16)33)20(34)32-5-4-15(36-22(27)35)8-14(32)10-23(24,25)26/h6-7,9,11-15H,2-5,8,10H2,1H3,(H2,27,35)(H,29,30,31)/t12-,14?,15?/m1/s1. The molecule has 0 bridgehead atoms. The van der Waals surface area contributed by atoms with Crippen LogP contribution in [0.25, 0.3) is 16.2 Å². The Hall–Kier alpha value is -3.42. The van der Waals surface area contributed by atoms with E-state index in [1.54, 1.807) is 16.9 Å². The number of ether oxygens (including phenoxy) is 1. The molecular formula is C23H26F3N7O3S. The van der Waals surface area contributed by atoms with Crippen molar-refractivity contribution in [2.75, 3.05) is 11.9 Å². The van der Waals surface area contributed by atoms with Crippen molar-refractivity contribution in [2.45, 2.75) is 63.4 Å². The second-order valence-electron chi connectivity index (χ2n) is 9.50. The van der Waals surface area contributed by atoms with Crippen LogP contribution >= 0.6 is 11.3 Å². The van der Waals surface area contributed by atoms with E-state index in [9.17, 15) is 22.8 Å². The van der Waals surface area contributed by atoms with Crippen LogP contribution in [-0.2, 0) is 4.74 Å². The molecule has 2 fully saturated rings. The molecule has 0 radical (unpaired) electrons. The van der Waals surface area contributed by atoms with Crippen molar-refractivity contribution < 1.29 is 27.5 Å². The van der Waals surface area contributed by atoms with Crippen LogP contribution in [0.15, 0.2) is 23.8 Å². The Kier molecular flexibility index (Phi) is 6.68. The number of likely N-dealkylation sites (tertiary alicyclic amines) is 1. The summed E-state index contributed by atoms with van der Waals surface area (Å²) in [7, 11) is 0. The van der Waals surface area contributed by atoms with Crippen molar-refractivity contribution in [1.82, 2.24) is 24.5 Å². The van der Waals surface area contributed by atoms with Gasteiger partial charge in [-0.3, -0.25) is 4.79 Å². The van der Waals surface area contributed by atoms with Crippen LogP contribution in [0.1, 0.15) is 49.5 Å². The molecule has 3 aromatic heterocycles. The first kappa shape index (κ1) is 25.2. The molecule has 1 aliphatic carbocycles. The van der Waals surface area contributed by atoms with Crippen molar-refractivity contribution in [3.63, 3.8) is 0 Å². The minimum absolute atomic E-state index is 0.0205. The SMILES string of the molecule is C[C@@H](Nc1cc(C(=O)N2CCC(OC(N)=O)CC2CC(F)(F)F)nc(-c2cnn3ccsc23)n1)C1CC1. The number of halogens is 3. The zero-order chi connectivity index (χ0) is 26.3. The summed E-state index contributed by atoms with van der Waals surface area (Å²) in [5.74, 6) is 0.529. The van der Waals surface area contributed by atoms with Crippen molar-refractivity contribution >= 4 is 34.0 Å². The summed E-state index contributed by atoms with van der Waals surface area (Å²) >= 11 is 1.43. The van der Waals surface area contributed by atoms with E-state index in [1.807, 2.05) is 12.3 Å². The normalized spacial score (nSPS) is 21.1. The number of carbonyl (C=O) groups is 2. The van der Waals surface area contributed by atoms with E-state index in [0.29, 0.717) is 17.3 Å². The van der Waals surface area contributed by atoms with Crippen LogP contribution in [-0.4, -0.2) is 67.4 Å². The molecule has 0 aromatic carbocycles. The number of alkyl halides is 3. The Morgan fingerprint density at radius 1 is 1.30 bits per heavy atom. The summed E-state index contributed by atoms with van der Waals surface area (Å²) in [6.07, 6.45) is -2.04. The molecule has 1 aliphatic heterocycles. The van der Waals surface area contributed by atoms with Gasteiger partial charge in [0.1, 0.15) is 22.4 Å². The van der Waals surface area contributed by atoms with Gasteiger partial charge >= 0.3 is 12.3 Å². The first-order valence-corrected chi connectivity index (χ1v) is 12.9. The lowest BCUT2D eigenvalue weighted by atomic mass is 9.96. The van der Waals surface area contributed by atoms with Gasteiger partial charge in [-0.2, -0.15) is 18.3 Å². The highest BCUT2D eigenvalue weighted by atomic mass is 32.1. The molecular weight excluding hydrogens is 511 g/mol. The predicted molar refractivity (Wildman–Crippen MR) is 129 cm³/mol. The van der Waals surface area contributed by atoms with E-state index in [-0.39, 0.29) is 36.9 Å². The number of carbonyl (C=O) groups excluding carboxylic acids is 2. The van der Waals surface area contributed by atoms with E-state index in [1.165, 1.54) is 17.4 Å². The number of hydrogen-bond donors (Lipinski definition) is 2. The van der Waals surface area contributed by atoms with Gasteiger partial charge in [0.25, 0.3) is 5.91 Å². The molecule has 5 rings (SSSR count). The molecule has 37 heavy (non-hydrogen) atoms. The van der Waals surface area contributed by atoms with Gasteiger partial charge in [-0.25, -0.2) is 19.3 Å². The quantitative estimate of drug-likeness (QED) is 0.465. The lowest BCUT2D eigenvalue weighted by Gasteiger charge is -2.39. The summed E-state index contributed by atoms with van der Waals surface area (Å²) in [5, 5.41) is 9.47. The summed E-state index contributed by atoms with van der Waals surface area (Å²) in [4.78, 5) is 35.8. The van der Waals surface area contributed by atoms with Crippen molar-refractivity contribution in [3.8, 4) is 11.4 Å². The average Bonchev–Trinajstić information content (AvgIpc) is 3.43. The van der Waals surface area contributed by atoms with E-state index < -0.39 is 36.7 Å². The number of piperidine rings is 1. The molecule has 3 N–H and O–H groups in total. The maximum absolute atomic E-state index is 13.6. The summed E-state index contributed by atoms with van der Waals surface area (Å²) in [6.45, 7) is 1.99. The van der Waals surface area contributed by atoms with Gasteiger partial charge in [-0.15, -0.1) is 11.3 Å². The Bertz CT molecular complexity index is 1310. The Balaban J connectivity index is 1.48. The smallest absolute Gasteiger partial charge is 0.404 e. The number of aromatic nitrogens is 4. The third kappa shape index (κ3) is 5.78. The van der Waals surface area contributed by atoms with Gasteiger partial charge in [-0.1, -0.05) is 0 Å². The van der Waals surface area contributed by atoms with Crippen molar-refractivity contribution in [2.24, 2.45) is 11.7 Å². The topological polar surface area (TPSA) is 128 Å². The zero-order valence-corrected chi connectivity index (χ0v) is 20.8. The van der Waals surface area contributed by atoms with Crippen LogP contribution in [0, 0.1) is 5.92 Å². The molecule has 2 unspecified atom stereocenters. The molecule has 10 nitrogen and oxygen atoms in total. The lowest BCUT2D eigenvalue weighted by molar-refractivity contribution is -0.150. The maximum atomic E-state index is 13.6. The number of fused-ring (bicyclic) bond motifs is 1. The number of thiazole rings is 1. The first-order valence-electron chi connectivity index (χ1n) is 12.0. The lowest BCUT2D eigenvalue weighted by Crippen LogP contribution is -2.50. The van der Waals surface area contributed by atoms with E-state index in [2.05, 4.69) is 20.4 Å². The van der Waals surface area contributed by atoms with E-state index >= 15 is 0 Å². The average molecular weight is 538 g/mol. The molecule has 2 aliphatic rings. The molecule has 1 saturated carbocycles. The van der Waals surface area contributed by atoms with Gasteiger partial charge in [0.15, 0.2) is 5.82 Å². The number of anilines is 1. The summed E-state index contributed by atoms with van der Waals surface area (Å²) in [6, 6.07) is 0.362. The van der Waals surface area contributed by atoms with Crippen molar-refractivity contribution in [1.29, 1.82) is 0 Å². The van der Waals surface area contributed by atoms with E-state index in [4.69, 9.17) is 10.5 Å². The molecule has 198 valence electrons. The third-order valence-corrected chi connectivity index (χ3v) is 7.59. The van der Waals surface area contributed by atoms with Gasteiger partial charge in [0.2, 0.25) is 0 Å². The second-order valence-corrected chi connectivity index (χ2v) is 10.4. The predicted octanol–water partition coefficient (Wildman–Crippen LogP) is 4.08. The van der Waals surface area contributed by atoms with Crippen LogP contribution in [0.2, 0.25) is 0 Å². The van der Waals surface area contributed by atoms with Crippen LogP contribution in [0.3, 0.4) is 0 Å². The van der Waals surface area contributed by atoms with Gasteiger partial charge in [-0.05, 0) is 25.7 Å². The van der Waals surface area contributed by atoms with E-state index in [0.717, 1.165) is 22.6 Å². The number of nitrogens with one attached hydrogen (secondary N) is 1. The molecule has 4 heterocycles. The summed E-state index contributed by atoms with van der Waals surface area (Å²) in [5.41, 5.74) is 5.66. The molecule has 3 atom stereocenters. The second kappa shape index (κ2) is 9.80. The summed E-state index contributed by atoms with van der Waals surface area (Å²) < 4.78 is 46.9. The number of nitrogens with zero attached hydrogens (tertiary/aromatic N) is 5. The van der Waals surface area contributed by atoms with Gasteiger partial charge in [0, 0.05) is 49.1 Å². The number of primary amides is 1. The number of amides is 2. The molecule has 2 amide bonds. The van der Waals surface area contributed by atoms with Crippen molar-refractivity contribution in [3.05, 3.63) is 29.5 Å². The van der Waals surface area contributed by atoms with Crippen LogP contribution in [0.5, 0.6) is 0 Å².